The van der Waals surface area contributed by atoms with Crippen molar-refractivity contribution in [2.75, 3.05) is 10.6 Å². The molecule has 0 saturated carbocycles. The van der Waals surface area contributed by atoms with Gasteiger partial charge in [-0.2, -0.15) is 18.2 Å². The molecule has 2 aromatic carbocycles. The third-order valence-corrected chi connectivity index (χ3v) is 4.62. The molecule has 0 unspecified atom stereocenters. The fourth-order valence-corrected chi connectivity index (χ4v) is 3.06. The van der Waals surface area contributed by atoms with Gasteiger partial charge in [0.1, 0.15) is 11.4 Å². The zero-order valence-electron chi connectivity index (χ0n) is 15.9. The summed E-state index contributed by atoms with van der Waals surface area (Å²) in [5.41, 5.74) is 1.27. The van der Waals surface area contributed by atoms with Crippen molar-refractivity contribution < 1.29 is 13.2 Å². The molecule has 3 aromatic rings. The molecule has 1 aromatic heterocycles. The first-order valence-corrected chi connectivity index (χ1v) is 9.83. The van der Waals surface area contributed by atoms with Crippen LogP contribution in [-0.2, 0) is 12.6 Å². The van der Waals surface area contributed by atoms with Crippen LogP contribution in [0.4, 0.5) is 36.3 Å². The quantitative estimate of drug-likeness (QED) is 0.414. The summed E-state index contributed by atoms with van der Waals surface area (Å²) in [6, 6.07) is 14.5. The minimum Gasteiger partial charge on any atom is -0.339 e. The summed E-state index contributed by atoms with van der Waals surface area (Å²) < 4.78 is 41.4. The largest absolute Gasteiger partial charge is 0.421 e. The van der Waals surface area contributed by atoms with E-state index in [0.29, 0.717) is 17.3 Å². The van der Waals surface area contributed by atoms with Crippen molar-refractivity contribution in [3.05, 3.63) is 70.3 Å². The molecule has 0 aliphatic heterocycles. The molecule has 152 valence electrons. The van der Waals surface area contributed by atoms with E-state index in [9.17, 15) is 13.2 Å². The number of halogens is 4. The first-order valence-electron chi connectivity index (χ1n) is 9.04. The van der Waals surface area contributed by atoms with Gasteiger partial charge in [-0.25, -0.2) is 4.98 Å². The lowest BCUT2D eigenvalue weighted by molar-refractivity contribution is -0.137. The highest BCUT2D eigenvalue weighted by molar-refractivity contribution is 9.10. The summed E-state index contributed by atoms with van der Waals surface area (Å²) >= 11 is 3.34. The number of anilines is 4. The normalized spacial score (nSPS) is 11.6. The van der Waals surface area contributed by atoms with Crippen molar-refractivity contribution in [3.8, 4) is 0 Å². The van der Waals surface area contributed by atoms with Gasteiger partial charge in [0.25, 0.3) is 0 Å². The predicted molar refractivity (Wildman–Crippen MR) is 113 cm³/mol. The summed E-state index contributed by atoms with van der Waals surface area (Å²) in [5, 5.41) is 5.80. The lowest BCUT2D eigenvalue weighted by Gasteiger charge is -2.17. The van der Waals surface area contributed by atoms with Crippen LogP contribution in [-0.4, -0.2) is 9.97 Å². The number of nitrogens with zero attached hydrogens (tertiary/aromatic N) is 2. The molecule has 0 saturated heterocycles. The van der Waals surface area contributed by atoms with E-state index in [4.69, 9.17) is 0 Å². The molecule has 0 radical (unpaired) electrons. The second-order valence-electron chi connectivity index (χ2n) is 6.97. The van der Waals surface area contributed by atoms with Crippen molar-refractivity contribution in [3.63, 3.8) is 0 Å². The number of nitrogens with one attached hydrogen (secondary N) is 2. The number of alkyl halides is 3. The number of hydrogen-bond donors (Lipinski definition) is 2. The molecular formula is C21H20BrF3N4. The van der Waals surface area contributed by atoms with E-state index in [1.165, 1.54) is 0 Å². The Kier molecular flexibility index (Phi) is 6.42. The fraction of sp³-hybridized carbons (Fsp3) is 0.238. The molecular weight excluding hydrogens is 445 g/mol. The van der Waals surface area contributed by atoms with E-state index in [0.717, 1.165) is 22.7 Å². The maximum absolute atomic E-state index is 13.5. The minimum absolute atomic E-state index is 0.0733. The number of rotatable bonds is 6. The first kappa shape index (κ1) is 21.1. The second-order valence-corrected chi connectivity index (χ2v) is 7.88. The predicted octanol–water partition coefficient (Wildman–Crippen LogP) is 6.94. The fourth-order valence-electron chi connectivity index (χ4n) is 2.79. The summed E-state index contributed by atoms with van der Waals surface area (Å²) in [6.45, 7) is 4.12. The maximum atomic E-state index is 13.5. The van der Waals surface area contributed by atoms with Crippen LogP contribution in [0.3, 0.4) is 0 Å². The van der Waals surface area contributed by atoms with Crippen LogP contribution in [0, 0.1) is 5.92 Å². The van der Waals surface area contributed by atoms with E-state index in [1.54, 1.807) is 24.3 Å². The number of benzene rings is 2. The molecule has 0 spiro atoms. The summed E-state index contributed by atoms with van der Waals surface area (Å²) in [7, 11) is 0. The van der Waals surface area contributed by atoms with Gasteiger partial charge in [-0.15, -0.1) is 0 Å². The molecule has 1 heterocycles. The highest BCUT2D eigenvalue weighted by atomic mass is 79.9. The summed E-state index contributed by atoms with van der Waals surface area (Å²) in [5.74, 6) is 0.146. The van der Waals surface area contributed by atoms with Crippen LogP contribution >= 0.6 is 15.9 Å². The SMILES string of the molecule is CC(C)Cc1ccccc1Nc1nc(Nc2ccc(Br)cc2)ncc1C(F)(F)F. The van der Waals surface area contributed by atoms with Crippen LogP contribution < -0.4 is 10.6 Å². The van der Waals surface area contributed by atoms with Gasteiger partial charge in [0.2, 0.25) is 5.95 Å². The number of para-hydroxylation sites is 1. The van der Waals surface area contributed by atoms with Crippen molar-refractivity contribution >= 4 is 39.1 Å². The Hall–Kier alpha value is -2.61. The molecule has 0 aliphatic carbocycles. The van der Waals surface area contributed by atoms with Crippen LogP contribution in [0.15, 0.2) is 59.2 Å². The van der Waals surface area contributed by atoms with E-state index >= 15 is 0 Å². The van der Waals surface area contributed by atoms with Crippen LogP contribution in [0.5, 0.6) is 0 Å². The third-order valence-electron chi connectivity index (χ3n) is 4.09. The molecule has 4 nitrogen and oxygen atoms in total. The zero-order valence-corrected chi connectivity index (χ0v) is 17.5. The monoisotopic (exact) mass is 464 g/mol. The Bertz CT molecular complexity index is 972. The van der Waals surface area contributed by atoms with Gasteiger partial charge in [0, 0.05) is 22.0 Å². The Labute approximate surface area is 175 Å². The molecule has 0 atom stereocenters. The van der Waals surface area contributed by atoms with Crippen LogP contribution in [0.2, 0.25) is 0 Å². The maximum Gasteiger partial charge on any atom is 0.421 e. The van der Waals surface area contributed by atoms with Gasteiger partial charge < -0.3 is 10.6 Å². The van der Waals surface area contributed by atoms with Crippen LogP contribution in [0.25, 0.3) is 0 Å². The summed E-state index contributed by atoms with van der Waals surface area (Å²) in [6.07, 6.45) is -3.05. The van der Waals surface area contributed by atoms with E-state index in [2.05, 4.69) is 50.4 Å². The molecule has 8 heteroatoms. The second kappa shape index (κ2) is 8.82. The Balaban J connectivity index is 1.96. The molecule has 0 amide bonds. The highest BCUT2D eigenvalue weighted by Crippen LogP contribution is 2.36. The highest BCUT2D eigenvalue weighted by Gasteiger charge is 2.35. The van der Waals surface area contributed by atoms with E-state index < -0.39 is 11.7 Å². The zero-order chi connectivity index (χ0) is 21.0. The summed E-state index contributed by atoms with van der Waals surface area (Å²) in [4.78, 5) is 7.95. The molecule has 0 bridgehead atoms. The van der Waals surface area contributed by atoms with E-state index in [1.807, 2.05) is 24.3 Å². The molecule has 3 rings (SSSR count). The van der Waals surface area contributed by atoms with Gasteiger partial charge in [-0.05, 0) is 48.2 Å². The lowest BCUT2D eigenvalue weighted by Crippen LogP contribution is -2.13. The Morgan fingerprint density at radius 1 is 1.00 bits per heavy atom. The molecule has 2 N–H and O–H groups in total. The first-order chi connectivity index (χ1) is 13.7. The van der Waals surface area contributed by atoms with Gasteiger partial charge in [0.05, 0.1) is 0 Å². The average molecular weight is 465 g/mol. The Morgan fingerprint density at radius 3 is 2.34 bits per heavy atom. The lowest BCUT2D eigenvalue weighted by atomic mass is 10.0. The van der Waals surface area contributed by atoms with Crippen LogP contribution in [0.1, 0.15) is 25.0 Å². The van der Waals surface area contributed by atoms with Gasteiger partial charge in [-0.3, -0.25) is 0 Å². The van der Waals surface area contributed by atoms with Crippen molar-refractivity contribution in [2.24, 2.45) is 5.92 Å². The smallest absolute Gasteiger partial charge is 0.339 e. The van der Waals surface area contributed by atoms with Gasteiger partial charge >= 0.3 is 6.18 Å². The number of hydrogen-bond acceptors (Lipinski definition) is 4. The third kappa shape index (κ3) is 5.69. The average Bonchev–Trinajstić information content (AvgIpc) is 2.64. The molecule has 29 heavy (non-hydrogen) atoms. The van der Waals surface area contributed by atoms with Crippen molar-refractivity contribution in [2.45, 2.75) is 26.4 Å². The van der Waals surface area contributed by atoms with E-state index in [-0.39, 0.29) is 11.8 Å². The van der Waals surface area contributed by atoms with Gasteiger partial charge in [-0.1, -0.05) is 48.0 Å². The topological polar surface area (TPSA) is 49.8 Å². The minimum atomic E-state index is -4.58. The standard InChI is InChI=1S/C21H20BrF3N4/c1-13(2)11-14-5-3-4-6-18(14)28-19-17(21(23,24)25)12-26-20(29-19)27-16-9-7-15(22)8-10-16/h3-10,12-13H,11H2,1-2H3,(H2,26,27,28,29). The number of aromatic nitrogens is 2. The van der Waals surface area contributed by atoms with Crippen molar-refractivity contribution in [1.29, 1.82) is 0 Å². The molecule has 0 fully saturated rings. The Morgan fingerprint density at radius 2 is 1.69 bits per heavy atom. The molecule has 0 aliphatic rings. The van der Waals surface area contributed by atoms with Gasteiger partial charge in [0.15, 0.2) is 0 Å². The van der Waals surface area contributed by atoms with Crippen molar-refractivity contribution in [1.82, 2.24) is 9.97 Å².